The van der Waals surface area contributed by atoms with Gasteiger partial charge in [0.2, 0.25) is 5.91 Å². The van der Waals surface area contributed by atoms with Crippen LogP contribution in [0, 0.1) is 0 Å². The molecule has 0 saturated carbocycles. The molecule has 1 saturated heterocycles. The second-order valence-electron chi connectivity index (χ2n) is 7.76. The first-order valence-corrected chi connectivity index (χ1v) is 10.8. The van der Waals surface area contributed by atoms with Crippen LogP contribution < -0.4 is 10.6 Å². The maximum Gasteiger partial charge on any atom is 0.317 e. The lowest BCUT2D eigenvalue weighted by Gasteiger charge is -2.34. The molecule has 166 valence electrons. The van der Waals surface area contributed by atoms with Gasteiger partial charge in [-0.3, -0.25) is 9.59 Å². The van der Waals surface area contributed by atoms with Gasteiger partial charge in [0.25, 0.3) is 5.91 Å². The summed E-state index contributed by atoms with van der Waals surface area (Å²) in [6.45, 7) is 2.70. The maximum absolute atomic E-state index is 12.7. The van der Waals surface area contributed by atoms with Crippen LogP contribution in [0.1, 0.15) is 15.9 Å². The first kappa shape index (κ1) is 21.4. The molecule has 1 aliphatic heterocycles. The van der Waals surface area contributed by atoms with Crippen molar-refractivity contribution in [3.05, 3.63) is 71.9 Å². The fraction of sp³-hybridized carbons (Fsp3) is 0.292. The van der Waals surface area contributed by atoms with Crippen LogP contribution in [-0.4, -0.2) is 71.9 Å². The Balaban J connectivity index is 1.17. The number of fused-ring (bicyclic) bond motifs is 1. The first-order chi connectivity index (χ1) is 15.6. The highest BCUT2D eigenvalue weighted by molar-refractivity contribution is 5.94. The van der Waals surface area contributed by atoms with Crippen LogP contribution in [0.15, 0.2) is 60.8 Å². The van der Waals surface area contributed by atoms with Gasteiger partial charge < -0.3 is 25.4 Å². The van der Waals surface area contributed by atoms with E-state index in [1.54, 1.807) is 17.0 Å². The molecule has 1 aromatic heterocycles. The fourth-order valence-corrected chi connectivity index (χ4v) is 3.86. The van der Waals surface area contributed by atoms with Gasteiger partial charge in [0.1, 0.15) is 0 Å². The summed E-state index contributed by atoms with van der Waals surface area (Å²) in [5.41, 5.74) is 2.60. The van der Waals surface area contributed by atoms with Crippen molar-refractivity contribution in [2.75, 3.05) is 39.3 Å². The Morgan fingerprint density at radius 2 is 1.47 bits per heavy atom. The highest BCUT2D eigenvalue weighted by Gasteiger charge is 2.24. The number of aromatic nitrogens is 1. The van der Waals surface area contributed by atoms with Gasteiger partial charge >= 0.3 is 6.03 Å². The molecular formula is C24H27N5O3. The van der Waals surface area contributed by atoms with E-state index in [4.69, 9.17) is 0 Å². The van der Waals surface area contributed by atoms with Crippen molar-refractivity contribution in [1.29, 1.82) is 0 Å². The number of carbonyl (C=O) groups excluding carboxylic acids is 3. The van der Waals surface area contributed by atoms with Crippen molar-refractivity contribution in [2.24, 2.45) is 0 Å². The Morgan fingerprint density at radius 1 is 0.812 bits per heavy atom. The third-order valence-electron chi connectivity index (χ3n) is 5.66. The lowest BCUT2D eigenvalue weighted by molar-refractivity contribution is -0.131. The number of nitrogens with zero attached hydrogens (tertiary/aromatic N) is 2. The second-order valence-corrected chi connectivity index (χ2v) is 7.76. The third kappa shape index (κ3) is 5.08. The van der Waals surface area contributed by atoms with Gasteiger partial charge in [0.05, 0.1) is 6.42 Å². The predicted molar refractivity (Wildman–Crippen MR) is 122 cm³/mol. The minimum Gasteiger partial charge on any atom is -0.361 e. The molecule has 8 nitrogen and oxygen atoms in total. The van der Waals surface area contributed by atoms with E-state index in [0.717, 1.165) is 16.5 Å². The molecule has 0 unspecified atom stereocenters. The number of nitrogens with one attached hydrogen (secondary N) is 3. The molecule has 0 aliphatic carbocycles. The Morgan fingerprint density at radius 3 is 2.25 bits per heavy atom. The van der Waals surface area contributed by atoms with Crippen molar-refractivity contribution >= 4 is 28.7 Å². The summed E-state index contributed by atoms with van der Waals surface area (Å²) in [6.07, 6.45) is 2.24. The van der Waals surface area contributed by atoms with E-state index in [1.807, 2.05) is 53.6 Å². The quantitative estimate of drug-likeness (QED) is 0.519. The van der Waals surface area contributed by atoms with E-state index < -0.39 is 0 Å². The molecular weight excluding hydrogens is 406 g/mol. The molecule has 1 fully saturated rings. The number of hydrogen-bond donors (Lipinski definition) is 3. The number of piperazine rings is 1. The summed E-state index contributed by atoms with van der Waals surface area (Å²) < 4.78 is 0. The topological polar surface area (TPSA) is 97.5 Å². The van der Waals surface area contributed by atoms with Crippen LogP contribution in [-0.2, 0) is 11.2 Å². The van der Waals surface area contributed by atoms with Crippen LogP contribution in [0.3, 0.4) is 0 Å². The molecule has 0 radical (unpaired) electrons. The maximum atomic E-state index is 12.7. The number of rotatable bonds is 6. The van der Waals surface area contributed by atoms with Crippen molar-refractivity contribution < 1.29 is 14.4 Å². The molecule has 4 rings (SSSR count). The molecule has 2 heterocycles. The normalized spacial score (nSPS) is 13.8. The van der Waals surface area contributed by atoms with E-state index in [9.17, 15) is 14.4 Å². The Hall–Kier alpha value is -3.81. The summed E-state index contributed by atoms with van der Waals surface area (Å²) in [4.78, 5) is 43.8. The number of para-hydroxylation sites is 1. The minimum absolute atomic E-state index is 0.0680. The van der Waals surface area contributed by atoms with Crippen molar-refractivity contribution in [3.63, 3.8) is 0 Å². The largest absolute Gasteiger partial charge is 0.361 e. The fourth-order valence-electron chi connectivity index (χ4n) is 3.86. The highest BCUT2D eigenvalue weighted by atomic mass is 16.2. The predicted octanol–water partition coefficient (Wildman–Crippen LogP) is 1.99. The van der Waals surface area contributed by atoms with Crippen LogP contribution in [0.5, 0.6) is 0 Å². The number of carbonyl (C=O) groups is 3. The molecule has 0 atom stereocenters. The molecule has 32 heavy (non-hydrogen) atoms. The van der Waals surface area contributed by atoms with Gasteiger partial charge in [-0.2, -0.15) is 0 Å². The van der Waals surface area contributed by atoms with Crippen LogP contribution >= 0.6 is 0 Å². The monoisotopic (exact) mass is 433 g/mol. The van der Waals surface area contributed by atoms with Gasteiger partial charge in [0, 0.05) is 61.9 Å². The van der Waals surface area contributed by atoms with Gasteiger partial charge in [-0.05, 0) is 23.8 Å². The molecule has 3 N–H and O–H groups in total. The second kappa shape index (κ2) is 10.00. The van der Waals surface area contributed by atoms with E-state index in [-0.39, 0.29) is 17.8 Å². The third-order valence-corrected chi connectivity index (χ3v) is 5.66. The zero-order valence-electron chi connectivity index (χ0n) is 17.8. The number of hydrogen-bond acceptors (Lipinski definition) is 3. The minimum atomic E-state index is -0.178. The zero-order chi connectivity index (χ0) is 22.3. The first-order valence-electron chi connectivity index (χ1n) is 10.8. The van der Waals surface area contributed by atoms with Crippen molar-refractivity contribution in [3.8, 4) is 0 Å². The van der Waals surface area contributed by atoms with E-state index in [2.05, 4.69) is 15.6 Å². The SMILES string of the molecule is O=C(NCCNC(=O)N1CCN(C(=O)Cc2c[nH]c3ccccc23)CC1)c1ccccc1. The van der Waals surface area contributed by atoms with Crippen molar-refractivity contribution in [2.45, 2.75) is 6.42 Å². The molecule has 3 aromatic rings. The smallest absolute Gasteiger partial charge is 0.317 e. The number of H-pyrrole nitrogens is 1. The molecule has 4 amide bonds. The lowest BCUT2D eigenvalue weighted by atomic mass is 10.1. The lowest BCUT2D eigenvalue weighted by Crippen LogP contribution is -2.54. The summed E-state index contributed by atoms with van der Waals surface area (Å²) >= 11 is 0. The Bertz CT molecular complexity index is 1090. The molecule has 0 bridgehead atoms. The molecule has 2 aromatic carbocycles. The number of aromatic amines is 1. The molecule has 0 spiro atoms. The Kier molecular flexibility index (Phi) is 6.69. The summed E-state index contributed by atoms with van der Waals surface area (Å²) in [5.74, 6) is -0.0967. The van der Waals surface area contributed by atoms with Crippen molar-refractivity contribution in [1.82, 2.24) is 25.4 Å². The zero-order valence-corrected chi connectivity index (χ0v) is 17.8. The standard InChI is InChI=1S/C24H27N5O3/c30-22(16-19-17-27-21-9-5-4-8-20(19)21)28-12-14-29(15-13-28)24(32)26-11-10-25-23(31)18-6-2-1-3-7-18/h1-9,17,27H,10-16H2,(H,25,31)(H,26,32). The van der Waals surface area contributed by atoms with E-state index >= 15 is 0 Å². The van der Waals surface area contributed by atoms with Crippen LogP contribution in [0.25, 0.3) is 10.9 Å². The van der Waals surface area contributed by atoms with Gasteiger partial charge in [-0.15, -0.1) is 0 Å². The van der Waals surface area contributed by atoms with Gasteiger partial charge in [0.15, 0.2) is 0 Å². The van der Waals surface area contributed by atoms with Crippen LogP contribution in [0.4, 0.5) is 4.79 Å². The Labute approximate surface area is 186 Å². The van der Waals surface area contributed by atoms with Gasteiger partial charge in [-0.25, -0.2) is 4.79 Å². The highest BCUT2D eigenvalue weighted by Crippen LogP contribution is 2.19. The van der Waals surface area contributed by atoms with E-state index in [0.29, 0.717) is 51.3 Å². The number of urea groups is 1. The summed E-state index contributed by atoms with van der Waals surface area (Å²) in [7, 11) is 0. The molecule has 1 aliphatic rings. The van der Waals surface area contributed by atoms with Crippen LogP contribution in [0.2, 0.25) is 0 Å². The number of benzene rings is 2. The summed E-state index contributed by atoms with van der Waals surface area (Å²) in [5, 5.41) is 6.68. The average molecular weight is 434 g/mol. The van der Waals surface area contributed by atoms with Gasteiger partial charge in [-0.1, -0.05) is 36.4 Å². The van der Waals surface area contributed by atoms with E-state index in [1.165, 1.54) is 0 Å². The summed E-state index contributed by atoms with van der Waals surface area (Å²) in [6, 6.07) is 16.7. The number of amides is 4. The average Bonchev–Trinajstić information content (AvgIpc) is 3.25. The molecule has 8 heteroatoms.